The van der Waals surface area contributed by atoms with Crippen LogP contribution in [0.4, 0.5) is 5.69 Å². The molecule has 1 N–H and O–H groups in total. The number of hydrogen-bond donors (Lipinski definition) is 1. The van der Waals surface area contributed by atoms with Crippen molar-refractivity contribution in [3.8, 4) is 17.4 Å². The molecule has 0 saturated carbocycles. The van der Waals surface area contributed by atoms with Crippen molar-refractivity contribution in [1.82, 2.24) is 9.55 Å². The summed E-state index contributed by atoms with van der Waals surface area (Å²) in [6.07, 6.45) is 0.878. The van der Waals surface area contributed by atoms with E-state index in [0.29, 0.717) is 51.5 Å². The third-order valence-electron chi connectivity index (χ3n) is 5.76. The smallest absolute Gasteiger partial charge is 0.296 e. The highest BCUT2D eigenvalue weighted by molar-refractivity contribution is 6.07. The first kappa shape index (κ1) is 23.2. The zero-order chi connectivity index (χ0) is 24.4. The van der Waals surface area contributed by atoms with Crippen LogP contribution in [-0.4, -0.2) is 34.8 Å². The van der Waals surface area contributed by atoms with Crippen LogP contribution in [0, 0.1) is 12.8 Å². The van der Waals surface area contributed by atoms with Crippen molar-refractivity contribution in [2.24, 2.45) is 16.1 Å². The number of azo groups is 1. The molecule has 0 saturated heterocycles. The Kier molecular flexibility index (Phi) is 6.49. The monoisotopic (exact) mass is 460 g/mol. The Morgan fingerprint density at radius 2 is 1.74 bits per heavy atom. The maximum absolute atomic E-state index is 13.1. The van der Waals surface area contributed by atoms with Crippen LogP contribution in [0.5, 0.6) is 17.4 Å². The molecule has 0 aliphatic rings. The zero-order valence-corrected chi connectivity index (χ0v) is 20.0. The highest BCUT2D eigenvalue weighted by Gasteiger charge is 2.19. The van der Waals surface area contributed by atoms with E-state index in [-0.39, 0.29) is 11.6 Å². The van der Waals surface area contributed by atoms with E-state index in [1.165, 1.54) is 0 Å². The molecule has 0 unspecified atom stereocenters. The molecule has 176 valence electrons. The molecule has 8 heteroatoms. The number of rotatable bonds is 7. The van der Waals surface area contributed by atoms with Gasteiger partial charge in [0, 0.05) is 23.0 Å². The van der Waals surface area contributed by atoms with Crippen molar-refractivity contribution >= 4 is 33.4 Å². The van der Waals surface area contributed by atoms with Crippen molar-refractivity contribution in [2.45, 2.75) is 33.7 Å². The van der Waals surface area contributed by atoms with Gasteiger partial charge in [-0.2, -0.15) is 0 Å². The fraction of sp³-hybridized carbons (Fsp3) is 0.308. The van der Waals surface area contributed by atoms with E-state index >= 15 is 0 Å². The Balaban J connectivity index is 1.79. The number of hydrogen-bond acceptors (Lipinski definition) is 6. The number of benzene rings is 2. The van der Waals surface area contributed by atoms with Gasteiger partial charge in [-0.15, -0.1) is 10.2 Å². The summed E-state index contributed by atoms with van der Waals surface area (Å²) >= 11 is 0. The number of amides is 1. The third kappa shape index (κ3) is 4.44. The summed E-state index contributed by atoms with van der Waals surface area (Å²) in [5.41, 5.74) is 2.76. The predicted octanol–water partition coefficient (Wildman–Crippen LogP) is 6.19. The Hall–Kier alpha value is -3.94. The first-order valence-electron chi connectivity index (χ1n) is 11.1. The molecule has 0 radical (unpaired) electrons. The number of aromatic hydroxyl groups is 1. The molecule has 2 aromatic carbocycles. The molecule has 2 aromatic heterocycles. The molecular formula is C26H28N4O4. The predicted molar refractivity (Wildman–Crippen MR) is 131 cm³/mol. The molecule has 0 aliphatic heterocycles. The number of methoxy groups -OCH3 is 2. The molecular weight excluding hydrogens is 432 g/mol. The van der Waals surface area contributed by atoms with Crippen LogP contribution in [-0.2, 0) is 6.54 Å². The van der Waals surface area contributed by atoms with E-state index < -0.39 is 5.91 Å². The van der Waals surface area contributed by atoms with Crippen LogP contribution < -0.4 is 9.47 Å². The van der Waals surface area contributed by atoms with Crippen molar-refractivity contribution in [1.29, 1.82) is 0 Å². The van der Waals surface area contributed by atoms with Gasteiger partial charge in [0.1, 0.15) is 11.5 Å². The van der Waals surface area contributed by atoms with Crippen LogP contribution in [0.1, 0.15) is 36.3 Å². The largest absolute Gasteiger partial charge is 0.497 e. The minimum absolute atomic E-state index is 0.0297. The highest BCUT2D eigenvalue weighted by Crippen LogP contribution is 2.41. The summed E-state index contributed by atoms with van der Waals surface area (Å²) in [6, 6.07) is 12.5. The van der Waals surface area contributed by atoms with Gasteiger partial charge in [0.15, 0.2) is 5.69 Å². The van der Waals surface area contributed by atoms with E-state index in [1.54, 1.807) is 49.1 Å². The van der Waals surface area contributed by atoms with Gasteiger partial charge in [0.05, 0.1) is 30.8 Å². The van der Waals surface area contributed by atoms with Gasteiger partial charge in [-0.3, -0.25) is 9.78 Å². The molecule has 4 aromatic rings. The number of nitrogens with zero attached hydrogens (tertiary/aromatic N) is 4. The Morgan fingerprint density at radius 1 is 1.06 bits per heavy atom. The number of aromatic nitrogens is 2. The Morgan fingerprint density at radius 3 is 2.41 bits per heavy atom. The minimum atomic E-state index is -0.533. The summed E-state index contributed by atoms with van der Waals surface area (Å²) in [5.74, 6) is 1.13. The summed E-state index contributed by atoms with van der Waals surface area (Å²) in [4.78, 5) is 17.6. The van der Waals surface area contributed by atoms with Gasteiger partial charge in [-0.25, -0.2) is 0 Å². The molecule has 2 heterocycles. The number of pyridine rings is 1. The number of carbonyl (C=O) groups excluding carboxylic acids is 1. The van der Waals surface area contributed by atoms with Crippen LogP contribution in [0.25, 0.3) is 21.8 Å². The van der Waals surface area contributed by atoms with Crippen LogP contribution >= 0.6 is 0 Å². The third-order valence-corrected chi connectivity index (χ3v) is 5.76. The first-order chi connectivity index (χ1) is 16.3. The lowest BCUT2D eigenvalue weighted by atomic mass is 10.1. The van der Waals surface area contributed by atoms with Gasteiger partial charge in [-0.1, -0.05) is 13.8 Å². The van der Waals surface area contributed by atoms with Gasteiger partial charge in [0.25, 0.3) is 5.91 Å². The van der Waals surface area contributed by atoms with Crippen molar-refractivity contribution in [2.75, 3.05) is 14.2 Å². The number of aryl methyl sites for hydroxylation is 2. The molecule has 0 fully saturated rings. The second kappa shape index (κ2) is 9.51. The Labute approximate surface area is 197 Å². The van der Waals surface area contributed by atoms with Gasteiger partial charge in [-0.05, 0) is 61.7 Å². The molecule has 8 nitrogen and oxygen atoms in total. The topological polar surface area (TPSA) is 98.3 Å². The molecule has 0 spiro atoms. The molecule has 1 amide bonds. The van der Waals surface area contributed by atoms with Gasteiger partial charge in [0.2, 0.25) is 5.88 Å². The van der Waals surface area contributed by atoms with E-state index in [9.17, 15) is 9.90 Å². The lowest BCUT2D eigenvalue weighted by molar-refractivity contribution is 0.0996. The highest BCUT2D eigenvalue weighted by atomic mass is 16.5. The normalized spacial score (nSPS) is 11.7. The maximum atomic E-state index is 13.1. The average Bonchev–Trinajstić information content (AvgIpc) is 3.09. The lowest BCUT2D eigenvalue weighted by Crippen LogP contribution is -2.00. The van der Waals surface area contributed by atoms with E-state index in [1.807, 2.05) is 19.1 Å². The zero-order valence-electron chi connectivity index (χ0n) is 20.0. The molecule has 0 aliphatic carbocycles. The standard InChI is InChI=1S/C26H28N4O4/c1-15(2)10-11-30-23-9-7-18(34-5)14-21(23)24(26(30)32)28-29-25(31)20-12-16(3)27-22-8-6-17(33-4)13-19(20)22/h6-9,12-15,32H,10-11H2,1-5H3. The molecule has 4 rings (SSSR count). The van der Waals surface area contributed by atoms with Gasteiger partial charge < -0.3 is 19.1 Å². The maximum Gasteiger partial charge on any atom is 0.296 e. The van der Waals surface area contributed by atoms with Crippen LogP contribution in [0.15, 0.2) is 52.7 Å². The SMILES string of the molecule is COc1ccc2nc(C)cc(C(=O)N=Nc3c(O)n(CCC(C)C)c4ccc(OC)cc34)c2c1. The summed E-state index contributed by atoms with van der Waals surface area (Å²) < 4.78 is 12.5. The fourth-order valence-corrected chi connectivity index (χ4v) is 3.93. The summed E-state index contributed by atoms with van der Waals surface area (Å²) in [6.45, 7) is 6.68. The van der Waals surface area contributed by atoms with E-state index in [2.05, 4.69) is 29.1 Å². The van der Waals surface area contributed by atoms with Crippen molar-refractivity contribution in [3.63, 3.8) is 0 Å². The second-order valence-electron chi connectivity index (χ2n) is 8.59. The lowest BCUT2D eigenvalue weighted by Gasteiger charge is -2.09. The summed E-state index contributed by atoms with van der Waals surface area (Å²) in [5, 5.41) is 20.5. The Bertz CT molecular complexity index is 1410. The summed E-state index contributed by atoms with van der Waals surface area (Å²) in [7, 11) is 3.14. The minimum Gasteiger partial charge on any atom is -0.497 e. The number of fused-ring (bicyclic) bond motifs is 2. The second-order valence-corrected chi connectivity index (χ2v) is 8.59. The molecule has 0 bridgehead atoms. The van der Waals surface area contributed by atoms with Crippen LogP contribution in [0.2, 0.25) is 0 Å². The van der Waals surface area contributed by atoms with Crippen LogP contribution in [0.3, 0.4) is 0 Å². The number of ether oxygens (including phenoxy) is 2. The fourth-order valence-electron chi connectivity index (χ4n) is 3.93. The first-order valence-corrected chi connectivity index (χ1v) is 11.1. The average molecular weight is 461 g/mol. The quantitative estimate of drug-likeness (QED) is 0.332. The van der Waals surface area contributed by atoms with E-state index in [4.69, 9.17) is 9.47 Å². The molecule has 0 atom stereocenters. The van der Waals surface area contributed by atoms with Gasteiger partial charge >= 0.3 is 0 Å². The molecule has 34 heavy (non-hydrogen) atoms. The van der Waals surface area contributed by atoms with Crippen molar-refractivity contribution < 1.29 is 19.4 Å². The van der Waals surface area contributed by atoms with E-state index in [0.717, 1.165) is 11.9 Å². The van der Waals surface area contributed by atoms with Crippen molar-refractivity contribution in [3.05, 3.63) is 53.7 Å². The number of carbonyl (C=O) groups is 1.